The van der Waals surface area contributed by atoms with E-state index in [9.17, 15) is 30.3 Å². The molecule has 0 radical (unpaired) electrons. The number of allylic oxidation sites excluding steroid dienone is 3. The Balaban J connectivity index is 2.04. The standard InChI is InChI=1S/C85H165NO8/c1-3-5-7-9-11-13-15-17-19-21-23-25-27-29-31-33-35-37-38-39-40-41-42-43-45-47-49-51-53-55-57-59-61-63-65-67-69-71-73-75-81(89)86-78(77-93-85-84(92)83(91)82(90)80(76-87)94-85)79(88)74-72-70-68-66-64-62-60-58-56-54-52-50-48-46-44-36-34-32-30-28-26-24-22-20-18-16-14-12-10-8-6-4-2/h64,66,72,74,78-80,82-85,87-88,90-92H,3-63,65,67-71,73,75-77H2,1-2H3,(H,86,89)/b66-64+,74-72+. The first-order chi connectivity index (χ1) is 46.3. The van der Waals surface area contributed by atoms with Gasteiger partial charge in [-0.1, -0.05) is 443 Å². The van der Waals surface area contributed by atoms with Crippen LogP contribution in [0, 0.1) is 0 Å². The Hall–Kier alpha value is -1.33. The van der Waals surface area contributed by atoms with Gasteiger partial charge in [0.1, 0.15) is 24.4 Å². The van der Waals surface area contributed by atoms with Gasteiger partial charge in [-0.15, -0.1) is 0 Å². The highest BCUT2D eigenvalue weighted by atomic mass is 16.7. The van der Waals surface area contributed by atoms with E-state index in [2.05, 4.69) is 31.3 Å². The molecular formula is C85H165NO8. The number of rotatable bonds is 77. The normalized spacial score (nSPS) is 17.5. The van der Waals surface area contributed by atoms with E-state index >= 15 is 0 Å². The number of aliphatic hydroxyl groups is 5. The van der Waals surface area contributed by atoms with E-state index in [1.807, 2.05) is 6.08 Å². The lowest BCUT2D eigenvalue weighted by Crippen LogP contribution is -2.60. The third-order valence-corrected chi connectivity index (χ3v) is 20.8. The average Bonchev–Trinajstić information content (AvgIpc) is 0.828. The highest BCUT2D eigenvalue weighted by molar-refractivity contribution is 5.76. The van der Waals surface area contributed by atoms with Crippen molar-refractivity contribution in [2.24, 2.45) is 0 Å². The molecule has 1 amide bonds. The first-order valence-corrected chi connectivity index (χ1v) is 42.6. The summed E-state index contributed by atoms with van der Waals surface area (Å²) in [5.41, 5.74) is 0. The number of aliphatic hydroxyl groups excluding tert-OH is 5. The van der Waals surface area contributed by atoms with Gasteiger partial charge in [0.05, 0.1) is 25.4 Å². The summed E-state index contributed by atoms with van der Waals surface area (Å²) in [6.07, 6.45) is 93.7. The molecule has 0 aromatic rings. The summed E-state index contributed by atoms with van der Waals surface area (Å²) in [6, 6.07) is -0.822. The molecule has 1 fully saturated rings. The van der Waals surface area contributed by atoms with Gasteiger partial charge >= 0.3 is 0 Å². The van der Waals surface area contributed by atoms with Gasteiger partial charge in [0.2, 0.25) is 5.91 Å². The van der Waals surface area contributed by atoms with Gasteiger partial charge in [0, 0.05) is 6.42 Å². The summed E-state index contributed by atoms with van der Waals surface area (Å²) >= 11 is 0. The number of ether oxygens (including phenoxy) is 2. The fraction of sp³-hybridized carbons (Fsp3) is 0.941. The summed E-state index contributed by atoms with van der Waals surface area (Å²) in [7, 11) is 0. The maximum Gasteiger partial charge on any atom is 0.220 e. The van der Waals surface area contributed by atoms with E-state index in [1.165, 1.54) is 398 Å². The van der Waals surface area contributed by atoms with Crippen LogP contribution >= 0.6 is 0 Å². The van der Waals surface area contributed by atoms with Gasteiger partial charge in [0.15, 0.2) is 6.29 Å². The highest BCUT2D eigenvalue weighted by Gasteiger charge is 2.44. The zero-order valence-electron chi connectivity index (χ0n) is 63.0. The van der Waals surface area contributed by atoms with E-state index in [0.29, 0.717) is 6.42 Å². The molecule has 0 saturated carbocycles. The van der Waals surface area contributed by atoms with Crippen LogP contribution in [0.25, 0.3) is 0 Å². The van der Waals surface area contributed by atoms with E-state index in [1.54, 1.807) is 6.08 Å². The van der Waals surface area contributed by atoms with Crippen molar-refractivity contribution in [3.8, 4) is 0 Å². The second kappa shape index (κ2) is 74.4. The van der Waals surface area contributed by atoms with Gasteiger partial charge in [-0.2, -0.15) is 0 Å². The Morgan fingerprint density at radius 3 is 0.894 bits per heavy atom. The van der Waals surface area contributed by atoms with Crippen LogP contribution in [0.5, 0.6) is 0 Å². The van der Waals surface area contributed by atoms with Crippen LogP contribution in [0.3, 0.4) is 0 Å². The first-order valence-electron chi connectivity index (χ1n) is 42.6. The summed E-state index contributed by atoms with van der Waals surface area (Å²) < 4.78 is 11.3. The minimum absolute atomic E-state index is 0.176. The molecule has 0 aromatic heterocycles. The molecule has 1 rings (SSSR count). The fourth-order valence-corrected chi connectivity index (χ4v) is 14.2. The molecular weight excluding hydrogens is 1160 g/mol. The van der Waals surface area contributed by atoms with Crippen molar-refractivity contribution in [2.45, 2.75) is 500 Å². The molecule has 94 heavy (non-hydrogen) atoms. The highest BCUT2D eigenvalue weighted by Crippen LogP contribution is 2.24. The number of carbonyl (C=O) groups is 1. The van der Waals surface area contributed by atoms with Crippen LogP contribution in [-0.4, -0.2) is 87.5 Å². The van der Waals surface area contributed by atoms with E-state index < -0.39 is 49.5 Å². The predicted molar refractivity (Wildman–Crippen MR) is 406 cm³/mol. The van der Waals surface area contributed by atoms with Crippen molar-refractivity contribution >= 4 is 5.91 Å². The van der Waals surface area contributed by atoms with Gasteiger partial charge in [-0.3, -0.25) is 4.79 Å². The van der Waals surface area contributed by atoms with Gasteiger partial charge in [0.25, 0.3) is 0 Å². The summed E-state index contributed by atoms with van der Waals surface area (Å²) in [5, 5.41) is 54.9. The first kappa shape index (κ1) is 90.7. The summed E-state index contributed by atoms with van der Waals surface area (Å²) in [5.74, 6) is -0.176. The zero-order valence-corrected chi connectivity index (χ0v) is 63.0. The van der Waals surface area contributed by atoms with Crippen molar-refractivity contribution in [1.29, 1.82) is 0 Å². The van der Waals surface area contributed by atoms with E-state index in [-0.39, 0.29) is 12.5 Å². The summed E-state index contributed by atoms with van der Waals surface area (Å²) in [4.78, 5) is 13.2. The Bertz CT molecular complexity index is 1540. The number of carbonyl (C=O) groups excluding carboxylic acids is 1. The molecule has 1 aliphatic heterocycles. The maximum atomic E-state index is 13.2. The second-order valence-corrected chi connectivity index (χ2v) is 30.0. The number of nitrogens with one attached hydrogen (secondary N) is 1. The van der Waals surface area contributed by atoms with Crippen molar-refractivity contribution < 1.29 is 39.8 Å². The minimum Gasteiger partial charge on any atom is -0.394 e. The SMILES string of the molecule is CCCCCCCCCCCCCCCCCCCCCCCCCCCC/C=C/CC/C=C/C(O)C(COC1OC(CO)C(O)C(O)C1O)NC(=O)CCCCCCCCCCCCCCCCCCCCCCCCCCCCCCCCCCCCCCCCC. The van der Waals surface area contributed by atoms with Crippen LogP contribution in [0.2, 0.25) is 0 Å². The smallest absolute Gasteiger partial charge is 0.220 e. The molecule has 7 atom stereocenters. The minimum atomic E-state index is -1.57. The third kappa shape index (κ3) is 61.7. The largest absolute Gasteiger partial charge is 0.394 e. The lowest BCUT2D eigenvalue weighted by Gasteiger charge is -2.40. The maximum absolute atomic E-state index is 13.2. The molecule has 9 heteroatoms. The van der Waals surface area contributed by atoms with Crippen molar-refractivity contribution in [3.05, 3.63) is 24.3 Å². The van der Waals surface area contributed by atoms with Crippen LogP contribution in [0.1, 0.15) is 457 Å². The van der Waals surface area contributed by atoms with Crippen LogP contribution in [0.4, 0.5) is 0 Å². The van der Waals surface area contributed by atoms with Crippen molar-refractivity contribution in [2.75, 3.05) is 13.2 Å². The lowest BCUT2D eigenvalue weighted by atomic mass is 9.99. The number of hydrogen-bond acceptors (Lipinski definition) is 8. The molecule has 558 valence electrons. The van der Waals surface area contributed by atoms with Crippen LogP contribution in [-0.2, 0) is 14.3 Å². The molecule has 0 aliphatic carbocycles. The Morgan fingerprint density at radius 1 is 0.351 bits per heavy atom. The molecule has 1 aliphatic rings. The Kier molecular flexibility index (Phi) is 71.7. The molecule has 0 bridgehead atoms. The molecule has 0 spiro atoms. The fourth-order valence-electron chi connectivity index (χ4n) is 14.2. The van der Waals surface area contributed by atoms with Gasteiger partial charge in [-0.05, 0) is 32.1 Å². The second-order valence-electron chi connectivity index (χ2n) is 30.0. The third-order valence-electron chi connectivity index (χ3n) is 20.8. The topological polar surface area (TPSA) is 149 Å². The predicted octanol–water partition coefficient (Wildman–Crippen LogP) is 24.7. The van der Waals surface area contributed by atoms with Gasteiger partial charge in [-0.25, -0.2) is 0 Å². The van der Waals surface area contributed by atoms with Crippen molar-refractivity contribution in [1.82, 2.24) is 5.32 Å². The number of amides is 1. The molecule has 1 heterocycles. The van der Waals surface area contributed by atoms with Crippen molar-refractivity contribution in [3.63, 3.8) is 0 Å². The molecule has 7 unspecified atom stereocenters. The molecule has 6 N–H and O–H groups in total. The average molecular weight is 1330 g/mol. The molecule has 0 aromatic carbocycles. The zero-order chi connectivity index (χ0) is 67.8. The summed E-state index contributed by atoms with van der Waals surface area (Å²) in [6.45, 7) is 3.84. The van der Waals surface area contributed by atoms with E-state index in [4.69, 9.17) is 9.47 Å². The van der Waals surface area contributed by atoms with Crippen LogP contribution in [0.15, 0.2) is 24.3 Å². The van der Waals surface area contributed by atoms with E-state index in [0.717, 1.165) is 38.5 Å². The van der Waals surface area contributed by atoms with Crippen LogP contribution < -0.4 is 5.32 Å². The number of unbranched alkanes of at least 4 members (excludes halogenated alkanes) is 65. The quantitative estimate of drug-likeness (QED) is 0.0261. The lowest BCUT2D eigenvalue weighted by molar-refractivity contribution is -0.302. The Morgan fingerprint density at radius 2 is 0.606 bits per heavy atom. The van der Waals surface area contributed by atoms with Gasteiger partial charge < -0.3 is 40.3 Å². The molecule has 9 nitrogen and oxygen atoms in total. The Labute approximate surface area is 585 Å². The number of hydrogen-bond donors (Lipinski definition) is 6. The molecule has 1 saturated heterocycles. The monoisotopic (exact) mass is 1330 g/mol.